The van der Waals surface area contributed by atoms with E-state index in [1.54, 1.807) is 11.8 Å². The fraction of sp³-hybridized carbons (Fsp3) is 0.857. The van der Waals surface area contributed by atoms with Crippen LogP contribution in [0.4, 0.5) is 0 Å². The van der Waals surface area contributed by atoms with Crippen molar-refractivity contribution < 1.29 is 9.53 Å². The lowest BCUT2D eigenvalue weighted by molar-refractivity contribution is -0.142. The SMILES string of the molecule is CCOC(=O)CCN=C1NC2(CCCC(C)C2)CS1. The van der Waals surface area contributed by atoms with E-state index in [9.17, 15) is 4.79 Å². The third kappa shape index (κ3) is 4.13. The Balaban J connectivity index is 1.79. The van der Waals surface area contributed by atoms with Gasteiger partial charge in [-0.3, -0.25) is 9.79 Å². The maximum Gasteiger partial charge on any atom is 0.307 e. The van der Waals surface area contributed by atoms with Crippen molar-refractivity contribution in [3.63, 3.8) is 0 Å². The van der Waals surface area contributed by atoms with Crippen molar-refractivity contribution in [1.29, 1.82) is 0 Å². The number of hydrogen-bond acceptors (Lipinski definition) is 4. The predicted molar refractivity (Wildman–Crippen MR) is 79.5 cm³/mol. The summed E-state index contributed by atoms with van der Waals surface area (Å²) in [6.07, 6.45) is 5.54. The predicted octanol–water partition coefficient (Wildman–Crippen LogP) is 2.58. The summed E-state index contributed by atoms with van der Waals surface area (Å²) >= 11 is 1.80. The largest absolute Gasteiger partial charge is 0.466 e. The molecule has 0 aromatic heterocycles. The van der Waals surface area contributed by atoms with Crippen LogP contribution in [0.25, 0.3) is 0 Å². The molecule has 0 aromatic rings. The van der Waals surface area contributed by atoms with E-state index in [-0.39, 0.29) is 11.5 Å². The zero-order chi connectivity index (χ0) is 13.7. The number of aliphatic imine (C=N–C) groups is 1. The van der Waals surface area contributed by atoms with Gasteiger partial charge >= 0.3 is 5.97 Å². The van der Waals surface area contributed by atoms with Gasteiger partial charge in [-0.15, -0.1) is 0 Å². The number of carbonyl (C=O) groups is 1. The second-order valence-electron chi connectivity index (χ2n) is 5.64. The highest BCUT2D eigenvalue weighted by atomic mass is 32.2. The third-order valence-electron chi connectivity index (χ3n) is 3.83. The normalized spacial score (nSPS) is 32.5. The average molecular weight is 284 g/mol. The number of thioether (sulfide) groups is 1. The van der Waals surface area contributed by atoms with Gasteiger partial charge in [0.15, 0.2) is 5.17 Å². The minimum absolute atomic E-state index is 0.157. The van der Waals surface area contributed by atoms with E-state index < -0.39 is 0 Å². The molecule has 1 N–H and O–H groups in total. The number of nitrogens with zero attached hydrogens (tertiary/aromatic N) is 1. The van der Waals surface area contributed by atoms with Crippen LogP contribution in [0.5, 0.6) is 0 Å². The molecule has 108 valence electrons. The first-order chi connectivity index (χ1) is 9.13. The van der Waals surface area contributed by atoms with Gasteiger partial charge < -0.3 is 10.1 Å². The van der Waals surface area contributed by atoms with Crippen LogP contribution < -0.4 is 5.32 Å². The molecule has 4 nitrogen and oxygen atoms in total. The van der Waals surface area contributed by atoms with Gasteiger partial charge in [0, 0.05) is 11.3 Å². The van der Waals surface area contributed by atoms with E-state index in [1.807, 2.05) is 6.92 Å². The number of rotatable bonds is 4. The molecule has 2 atom stereocenters. The summed E-state index contributed by atoms with van der Waals surface area (Å²) in [4.78, 5) is 15.7. The lowest BCUT2D eigenvalue weighted by Crippen LogP contribution is -2.47. The highest BCUT2D eigenvalue weighted by Crippen LogP contribution is 2.38. The first kappa shape index (κ1) is 14.7. The van der Waals surface area contributed by atoms with Crippen LogP contribution >= 0.6 is 11.8 Å². The zero-order valence-electron chi connectivity index (χ0n) is 11.9. The van der Waals surface area contributed by atoms with Gasteiger partial charge in [-0.2, -0.15) is 0 Å². The molecule has 0 aromatic carbocycles. The van der Waals surface area contributed by atoms with Crippen molar-refractivity contribution in [1.82, 2.24) is 5.32 Å². The van der Waals surface area contributed by atoms with Crippen LogP contribution in [0.15, 0.2) is 4.99 Å². The summed E-state index contributed by atoms with van der Waals surface area (Å²) in [6, 6.07) is 0. The van der Waals surface area contributed by atoms with E-state index >= 15 is 0 Å². The summed E-state index contributed by atoms with van der Waals surface area (Å²) in [5.74, 6) is 1.77. The Morgan fingerprint density at radius 3 is 3.21 bits per heavy atom. The standard InChI is InChI=1S/C14H24N2O2S/c1-3-18-12(17)6-8-15-13-16-14(10-19-13)7-4-5-11(2)9-14/h11H,3-10H2,1-2H3,(H,15,16). The molecule has 2 fully saturated rings. The van der Waals surface area contributed by atoms with Crippen LogP contribution in [-0.2, 0) is 9.53 Å². The lowest BCUT2D eigenvalue weighted by Gasteiger charge is -2.36. The smallest absolute Gasteiger partial charge is 0.307 e. The second kappa shape index (κ2) is 6.64. The maximum atomic E-state index is 11.2. The van der Waals surface area contributed by atoms with Crippen LogP contribution in [0.1, 0.15) is 46.0 Å². The van der Waals surface area contributed by atoms with Crippen molar-refractivity contribution in [2.45, 2.75) is 51.5 Å². The Morgan fingerprint density at radius 1 is 1.63 bits per heavy atom. The van der Waals surface area contributed by atoms with Crippen LogP contribution in [0, 0.1) is 5.92 Å². The highest BCUT2D eigenvalue weighted by Gasteiger charge is 2.40. The fourth-order valence-electron chi connectivity index (χ4n) is 2.98. The van der Waals surface area contributed by atoms with E-state index in [0.717, 1.165) is 16.8 Å². The monoisotopic (exact) mass is 284 g/mol. The van der Waals surface area contributed by atoms with Gasteiger partial charge in [0.1, 0.15) is 0 Å². The lowest BCUT2D eigenvalue weighted by atomic mass is 9.78. The van der Waals surface area contributed by atoms with E-state index in [0.29, 0.717) is 19.6 Å². The van der Waals surface area contributed by atoms with Gasteiger partial charge in [-0.05, 0) is 25.7 Å². The zero-order valence-corrected chi connectivity index (χ0v) is 12.7. The van der Waals surface area contributed by atoms with E-state index in [2.05, 4.69) is 17.2 Å². The molecule has 1 aliphatic heterocycles. The molecule has 1 heterocycles. The van der Waals surface area contributed by atoms with Gasteiger partial charge in [-0.1, -0.05) is 31.5 Å². The molecule has 2 unspecified atom stereocenters. The molecule has 2 rings (SSSR count). The molecule has 0 radical (unpaired) electrons. The number of hydrogen-bond donors (Lipinski definition) is 1. The third-order valence-corrected chi connectivity index (χ3v) is 5.03. The summed E-state index contributed by atoms with van der Waals surface area (Å²) in [6.45, 7) is 5.14. The number of amidine groups is 1. The van der Waals surface area contributed by atoms with Crippen molar-refractivity contribution >= 4 is 22.9 Å². The fourth-order valence-corrected chi connectivity index (χ4v) is 4.20. The van der Waals surface area contributed by atoms with E-state index in [4.69, 9.17) is 4.74 Å². The molecule has 2 aliphatic rings. The van der Waals surface area contributed by atoms with Crippen molar-refractivity contribution in [3.05, 3.63) is 0 Å². The highest BCUT2D eigenvalue weighted by molar-refractivity contribution is 8.14. The quantitative estimate of drug-likeness (QED) is 0.806. The number of esters is 1. The Bertz CT molecular complexity index is 359. The molecule has 5 heteroatoms. The molecule has 1 aliphatic carbocycles. The van der Waals surface area contributed by atoms with Crippen LogP contribution in [-0.4, -0.2) is 35.6 Å². The molecule has 1 spiro atoms. The minimum Gasteiger partial charge on any atom is -0.466 e. The first-order valence-electron chi connectivity index (χ1n) is 7.24. The van der Waals surface area contributed by atoms with Gasteiger partial charge in [0.05, 0.1) is 19.6 Å². The van der Waals surface area contributed by atoms with Gasteiger partial charge in [-0.25, -0.2) is 0 Å². The Kier molecular flexibility index (Phi) is 5.13. The summed E-state index contributed by atoms with van der Waals surface area (Å²) in [5, 5.41) is 4.62. The topological polar surface area (TPSA) is 50.7 Å². The Labute approximate surface area is 119 Å². The molecule has 1 saturated heterocycles. The number of ether oxygens (including phenoxy) is 1. The number of carbonyl (C=O) groups excluding carboxylic acids is 1. The second-order valence-corrected chi connectivity index (χ2v) is 6.60. The molecule has 0 bridgehead atoms. The van der Waals surface area contributed by atoms with Gasteiger partial charge in [0.25, 0.3) is 0 Å². The number of nitrogens with one attached hydrogen (secondary N) is 1. The van der Waals surface area contributed by atoms with Crippen molar-refractivity contribution in [2.75, 3.05) is 18.9 Å². The van der Waals surface area contributed by atoms with Crippen LogP contribution in [0.2, 0.25) is 0 Å². The molecule has 19 heavy (non-hydrogen) atoms. The minimum atomic E-state index is -0.157. The van der Waals surface area contributed by atoms with Crippen molar-refractivity contribution in [2.24, 2.45) is 10.9 Å². The Hall–Kier alpha value is -0.710. The first-order valence-corrected chi connectivity index (χ1v) is 8.23. The summed E-state index contributed by atoms with van der Waals surface area (Å²) in [5.41, 5.74) is 0.269. The summed E-state index contributed by atoms with van der Waals surface area (Å²) in [7, 11) is 0. The Morgan fingerprint density at radius 2 is 2.47 bits per heavy atom. The molecule has 1 saturated carbocycles. The molecular weight excluding hydrogens is 260 g/mol. The molecular formula is C14H24N2O2S. The average Bonchev–Trinajstić information content (AvgIpc) is 2.72. The van der Waals surface area contributed by atoms with Crippen LogP contribution in [0.3, 0.4) is 0 Å². The van der Waals surface area contributed by atoms with Gasteiger partial charge in [0.2, 0.25) is 0 Å². The van der Waals surface area contributed by atoms with Crippen molar-refractivity contribution in [3.8, 4) is 0 Å². The van der Waals surface area contributed by atoms with E-state index in [1.165, 1.54) is 25.7 Å². The summed E-state index contributed by atoms with van der Waals surface area (Å²) < 4.78 is 4.90. The maximum absolute atomic E-state index is 11.2. The molecule has 0 amide bonds.